The van der Waals surface area contributed by atoms with E-state index in [1.807, 2.05) is 23.9 Å². The summed E-state index contributed by atoms with van der Waals surface area (Å²) < 4.78 is 0. The summed E-state index contributed by atoms with van der Waals surface area (Å²) in [7, 11) is 0. The van der Waals surface area contributed by atoms with Crippen molar-refractivity contribution in [3.63, 3.8) is 0 Å². The maximum Gasteiger partial charge on any atom is 0.249 e. The van der Waals surface area contributed by atoms with Gasteiger partial charge in [-0.05, 0) is 78.9 Å². The van der Waals surface area contributed by atoms with Crippen molar-refractivity contribution >= 4 is 23.2 Å². The molecular weight excluding hydrogens is 294 g/mol. The van der Waals surface area contributed by atoms with Crippen molar-refractivity contribution < 1.29 is 9.90 Å². The number of aliphatic hydroxyl groups is 1. The van der Waals surface area contributed by atoms with Gasteiger partial charge in [-0.15, -0.1) is 0 Å². The van der Waals surface area contributed by atoms with Crippen LogP contribution in [0.4, 0.5) is 0 Å². The second-order valence-electron chi connectivity index (χ2n) is 6.24. The van der Waals surface area contributed by atoms with Gasteiger partial charge in [0.15, 0.2) is 0 Å². The van der Waals surface area contributed by atoms with Crippen LogP contribution in [-0.4, -0.2) is 22.5 Å². The fourth-order valence-electron chi connectivity index (χ4n) is 3.39. The summed E-state index contributed by atoms with van der Waals surface area (Å²) in [4.78, 5) is 11.8. The molecule has 3 N–H and O–H groups in total. The molecule has 1 saturated heterocycles. The molecule has 0 spiro atoms. The van der Waals surface area contributed by atoms with E-state index >= 15 is 0 Å². The highest BCUT2D eigenvalue weighted by atomic mass is 32.2. The zero-order valence-corrected chi connectivity index (χ0v) is 13.6. The molecular formula is C18H23NO2S. The van der Waals surface area contributed by atoms with E-state index in [4.69, 9.17) is 5.73 Å². The molecule has 4 heteroatoms. The third-order valence-electron chi connectivity index (χ3n) is 4.78. The first-order valence-electron chi connectivity index (χ1n) is 8.04. The van der Waals surface area contributed by atoms with Crippen LogP contribution in [0.3, 0.4) is 0 Å². The highest BCUT2D eigenvalue weighted by molar-refractivity contribution is 7.99. The molecule has 0 aromatic heterocycles. The minimum atomic E-state index is -0.759. The Hall–Kier alpha value is -1.26. The van der Waals surface area contributed by atoms with Crippen LogP contribution in [0.15, 0.2) is 24.3 Å². The molecule has 0 saturated carbocycles. The number of thioether (sulfide) groups is 1. The highest BCUT2D eigenvalue weighted by Gasteiger charge is 2.32. The Kier molecular flexibility index (Phi) is 4.59. The number of allylic oxidation sites excluding steroid dienone is 2. The van der Waals surface area contributed by atoms with E-state index < -0.39 is 5.60 Å². The van der Waals surface area contributed by atoms with Gasteiger partial charge in [-0.2, -0.15) is 11.8 Å². The lowest BCUT2D eigenvalue weighted by atomic mass is 9.83. The lowest BCUT2D eigenvalue weighted by Gasteiger charge is -2.33. The van der Waals surface area contributed by atoms with Gasteiger partial charge in [-0.1, -0.05) is 12.1 Å². The Balaban J connectivity index is 2.03. The standard InChI is InChI=1S/C18H23NO2S/c19-17(20)15-7-6-14(18(21)8-10-22-11-9-18)12-16(15)13-4-2-1-3-5-13/h4,6-7,12,21H,1-3,5,8-11H2,(H2,19,20). The number of nitrogens with two attached hydrogens (primary N) is 1. The molecule has 0 radical (unpaired) electrons. The number of carbonyl (C=O) groups is 1. The van der Waals surface area contributed by atoms with Crippen molar-refractivity contribution in [2.75, 3.05) is 11.5 Å². The first kappa shape index (κ1) is 15.6. The van der Waals surface area contributed by atoms with Crippen LogP contribution in [0.5, 0.6) is 0 Å². The normalized spacial score (nSPS) is 21.2. The van der Waals surface area contributed by atoms with Crippen LogP contribution in [0, 0.1) is 0 Å². The van der Waals surface area contributed by atoms with Gasteiger partial charge in [0.25, 0.3) is 0 Å². The van der Waals surface area contributed by atoms with E-state index in [0.29, 0.717) is 5.56 Å². The number of benzene rings is 1. The molecule has 22 heavy (non-hydrogen) atoms. The van der Waals surface area contributed by atoms with E-state index in [1.165, 1.54) is 12.0 Å². The minimum Gasteiger partial charge on any atom is -0.385 e. The maximum absolute atomic E-state index is 11.8. The Morgan fingerprint density at radius 1 is 1.23 bits per heavy atom. The fourth-order valence-corrected chi connectivity index (χ4v) is 4.56. The molecule has 1 aromatic rings. The van der Waals surface area contributed by atoms with Crippen LogP contribution < -0.4 is 5.73 Å². The number of primary amides is 1. The monoisotopic (exact) mass is 317 g/mol. The van der Waals surface area contributed by atoms with Gasteiger partial charge in [0.1, 0.15) is 0 Å². The quantitative estimate of drug-likeness (QED) is 0.897. The van der Waals surface area contributed by atoms with Crippen LogP contribution >= 0.6 is 11.8 Å². The molecule has 3 rings (SSSR count). The van der Waals surface area contributed by atoms with Gasteiger partial charge in [-0.25, -0.2) is 0 Å². The van der Waals surface area contributed by atoms with Gasteiger partial charge in [0.05, 0.1) is 5.60 Å². The largest absolute Gasteiger partial charge is 0.385 e. The van der Waals surface area contributed by atoms with Crippen LogP contribution in [0.2, 0.25) is 0 Å². The molecule has 1 aliphatic carbocycles. The van der Waals surface area contributed by atoms with E-state index in [2.05, 4.69) is 6.08 Å². The van der Waals surface area contributed by atoms with Crippen molar-refractivity contribution in [2.24, 2.45) is 5.73 Å². The second-order valence-corrected chi connectivity index (χ2v) is 7.47. The van der Waals surface area contributed by atoms with Crippen molar-refractivity contribution in [3.05, 3.63) is 41.0 Å². The summed E-state index contributed by atoms with van der Waals surface area (Å²) in [5.41, 5.74) is 8.43. The molecule has 118 valence electrons. The molecule has 1 heterocycles. The summed E-state index contributed by atoms with van der Waals surface area (Å²) in [6.07, 6.45) is 8.15. The SMILES string of the molecule is NC(=O)c1ccc(C2(O)CCSCC2)cc1C1=CCCCC1. The molecule has 1 amide bonds. The number of hydrogen-bond donors (Lipinski definition) is 2. The summed E-state index contributed by atoms with van der Waals surface area (Å²) in [5, 5.41) is 10.9. The molecule has 3 nitrogen and oxygen atoms in total. The molecule has 1 aromatic carbocycles. The first-order valence-corrected chi connectivity index (χ1v) is 9.19. The average Bonchev–Trinajstić information content (AvgIpc) is 2.56. The van der Waals surface area contributed by atoms with Gasteiger partial charge >= 0.3 is 0 Å². The predicted octanol–water partition coefficient (Wildman–Crippen LogP) is 3.46. The van der Waals surface area contributed by atoms with Crippen molar-refractivity contribution in [2.45, 2.75) is 44.1 Å². The second kappa shape index (κ2) is 6.47. The van der Waals surface area contributed by atoms with Gasteiger partial charge < -0.3 is 10.8 Å². The molecule has 1 aliphatic heterocycles. The number of rotatable bonds is 3. The lowest BCUT2D eigenvalue weighted by molar-refractivity contribution is 0.0280. The van der Waals surface area contributed by atoms with Crippen molar-refractivity contribution in [1.29, 1.82) is 0 Å². The molecule has 0 atom stereocenters. The van der Waals surface area contributed by atoms with E-state index in [9.17, 15) is 9.90 Å². The van der Waals surface area contributed by atoms with Gasteiger partial charge in [0, 0.05) is 5.56 Å². The molecule has 0 unspecified atom stereocenters. The van der Waals surface area contributed by atoms with E-state index in [-0.39, 0.29) is 5.91 Å². The number of amides is 1. The average molecular weight is 317 g/mol. The highest BCUT2D eigenvalue weighted by Crippen LogP contribution is 2.38. The molecule has 2 aliphatic rings. The van der Waals surface area contributed by atoms with Crippen molar-refractivity contribution in [3.8, 4) is 0 Å². The summed E-state index contributed by atoms with van der Waals surface area (Å²) >= 11 is 1.89. The summed E-state index contributed by atoms with van der Waals surface area (Å²) in [5.74, 6) is 1.57. The molecule has 1 fully saturated rings. The van der Waals surface area contributed by atoms with Gasteiger partial charge in [0.2, 0.25) is 5.91 Å². The Bertz CT molecular complexity index is 603. The predicted molar refractivity (Wildman–Crippen MR) is 91.9 cm³/mol. The van der Waals surface area contributed by atoms with E-state index in [1.54, 1.807) is 6.07 Å². The zero-order chi connectivity index (χ0) is 15.6. The maximum atomic E-state index is 11.8. The zero-order valence-electron chi connectivity index (χ0n) is 12.8. The Morgan fingerprint density at radius 2 is 2.00 bits per heavy atom. The Morgan fingerprint density at radius 3 is 2.64 bits per heavy atom. The van der Waals surface area contributed by atoms with Crippen molar-refractivity contribution in [1.82, 2.24) is 0 Å². The van der Waals surface area contributed by atoms with Gasteiger partial charge in [-0.3, -0.25) is 4.79 Å². The fraction of sp³-hybridized carbons (Fsp3) is 0.500. The minimum absolute atomic E-state index is 0.390. The van der Waals surface area contributed by atoms with Crippen LogP contribution in [0.25, 0.3) is 5.57 Å². The van der Waals surface area contributed by atoms with E-state index in [0.717, 1.165) is 54.7 Å². The topological polar surface area (TPSA) is 63.3 Å². The molecule has 0 bridgehead atoms. The van der Waals surface area contributed by atoms with Crippen LogP contribution in [-0.2, 0) is 5.60 Å². The lowest BCUT2D eigenvalue weighted by Crippen LogP contribution is -2.31. The third kappa shape index (κ3) is 3.08. The first-order chi connectivity index (χ1) is 10.6. The number of carbonyl (C=O) groups excluding carboxylic acids is 1. The van der Waals surface area contributed by atoms with Crippen LogP contribution in [0.1, 0.15) is 60.0 Å². The Labute approximate surface area is 136 Å². The smallest absolute Gasteiger partial charge is 0.249 e. The summed E-state index contributed by atoms with van der Waals surface area (Å²) in [6.45, 7) is 0. The third-order valence-corrected chi connectivity index (χ3v) is 5.76. The number of hydrogen-bond acceptors (Lipinski definition) is 3. The summed E-state index contributed by atoms with van der Waals surface area (Å²) in [6, 6.07) is 5.68.